The number of aliphatic hydroxyl groups is 1. The van der Waals surface area contributed by atoms with Crippen molar-refractivity contribution in [2.45, 2.75) is 51.7 Å². The monoisotopic (exact) mass is 334 g/mol. The van der Waals surface area contributed by atoms with E-state index in [-0.39, 0.29) is 12.6 Å². The molecule has 24 heavy (non-hydrogen) atoms. The van der Waals surface area contributed by atoms with Gasteiger partial charge in [0.2, 0.25) is 0 Å². The van der Waals surface area contributed by atoms with Crippen LogP contribution in [-0.2, 0) is 11.3 Å². The predicted molar refractivity (Wildman–Crippen MR) is 96.0 cm³/mol. The van der Waals surface area contributed by atoms with Crippen LogP contribution in [0.15, 0.2) is 24.3 Å². The third kappa shape index (κ3) is 6.13. The van der Waals surface area contributed by atoms with Crippen LogP contribution in [0.3, 0.4) is 0 Å². The Morgan fingerprint density at radius 3 is 3.00 bits per heavy atom. The minimum Gasteiger partial charge on any atom is -0.396 e. The van der Waals surface area contributed by atoms with Gasteiger partial charge < -0.3 is 20.1 Å². The van der Waals surface area contributed by atoms with E-state index in [1.54, 1.807) is 11.9 Å². The van der Waals surface area contributed by atoms with Crippen molar-refractivity contribution < 1.29 is 14.6 Å². The van der Waals surface area contributed by atoms with Gasteiger partial charge in [-0.15, -0.1) is 0 Å². The summed E-state index contributed by atoms with van der Waals surface area (Å²) in [5.74, 6) is 0.754. The third-order valence-corrected chi connectivity index (χ3v) is 4.55. The Balaban J connectivity index is 1.83. The van der Waals surface area contributed by atoms with Crippen LogP contribution in [0.1, 0.15) is 44.6 Å². The van der Waals surface area contributed by atoms with Gasteiger partial charge in [-0.3, -0.25) is 0 Å². The summed E-state index contributed by atoms with van der Waals surface area (Å²) in [6.07, 6.45) is 5.80. The van der Waals surface area contributed by atoms with Crippen LogP contribution in [-0.4, -0.2) is 42.3 Å². The molecule has 134 valence electrons. The average molecular weight is 334 g/mol. The Morgan fingerprint density at radius 1 is 1.42 bits per heavy atom. The van der Waals surface area contributed by atoms with Gasteiger partial charge in [0, 0.05) is 25.9 Å². The summed E-state index contributed by atoms with van der Waals surface area (Å²) in [6.45, 7) is 3.50. The molecule has 0 heterocycles. The van der Waals surface area contributed by atoms with Crippen molar-refractivity contribution in [3.8, 4) is 0 Å². The highest BCUT2D eigenvalue weighted by Crippen LogP contribution is 2.26. The van der Waals surface area contributed by atoms with Crippen molar-refractivity contribution in [3.63, 3.8) is 0 Å². The minimum absolute atomic E-state index is 0.0875. The lowest BCUT2D eigenvalue weighted by atomic mass is 9.89. The zero-order valence-electron chi connectivity index (χ0n) is 14.8. The lowest BCUT2D eigenvalue weighted by Gasteiger charge is -2.26. The van der Waals surface area contributed by atoms with Crippen molar-refractivity contribution in [2.24, 2.45) is 5.92 Å². The molecule has 1 fully saturated rings. The van der Waals surface area contributed by atoms with Crippen molar-refractivity contribution in [1.82, 2.24) is 4.90 Å². The predicted octanol–water partition coefficient (Wildman–Crippen LogP) is 3.63. The molecule has 0 saturated heterocycles. The number of benzene rings is 1. The van der Waals surface area contributed by atoms with Crippen LogP contribution < -0.4 is 5.32 Å². The van der Waals surface area contributed by atoms with E-state index < -0.39 is 0 Å². The quantitative estimate of drug-likeness (QED) is 0.800. The first-order valence-electron chi connectivity index (χ1n) is 8.92. The standard InChI is InChI=1S/C19H30N2O3/c1-15-6-3-9-18(12-15)24-14-16-7-4-8-17(13-16)20-19(23)21(2)10-5-11-22/h4,7-8,13,15,18,22H,3,5-6,9-12,14H2,1-2H3,(H,20,23)/t15-,18+/m1/s1. The second kappa shape index (κ2) is 9.64. The van der Waals surface area contributed by atoms with E-state index in [1.165, 1.54) is 12.8 Å². The van der Waals surface area contributed by atoms with Gasteiger partial charge in [-0.25, -0.2) is 4.79 Å². The van der Waals surface area contributed by atoms with Crippen molar-refractivity contribution >= 4 is 11.7 Å². The van der Waals surface area contributed by atoms with Crippen molar-refractivity contribution in [1.29, 1.82) is 0 Å². The molecule has 1 saturated carbocycles. The topological polar surface area (TPSA) is 61.8 Å². The number of carbonyl (C=O) groups excluding carboxylic acids is 1. The molecule has 1 aliphatic carbocycles. The van der Waals surface area contributed by atoms with Crippen molar-refractivity contribution in [3.05, 3.63) is 29.8 Å². The fourth-order valence-corrected chi connectivity index (χ4v) is 3.11. The van der Waals surface area contributed by atoms with Crippen molar-refractivity contribution in [2.75, 3.05) is 25.5 Å². The lowest BCUT2D eigenvalue weighted by molar-refractivity contribution is 0.00468. The molecule has 0 aromatic heterocycles. The van der Waals surface area contributed by atoms with Gasteiger partial charge in [0.15, 0.2) is 0 Å². The van der Waals surface area contributed by atoms with Crippen LogP contribution in [0.2, 0.25) is 0 Å². The third-order valence-electron chi connectivity index (χ3n) is 4.55. The van der Waals surface area contributed by atoms with E-state index in [4.69, 9.17) is 9.84 Å². The maximum atomic E-state index is 12.1. The van der Waals surface area contributed by atoms with Gasteiger partial charge in [0.1, 0.15) is 0 Å². The molecule has 0 unspecified atom stereocenters. The van der Waals surface area contributed by atoms with Gasteiger partial charge in [-0.2, -0.15) is 0 Å². The molecular weight excluding hydrogens is 304 g/mol. The highest BCUT2D eigenvalue weighted by Gasteiger charge is 2.19. The van der Waals surface area contributed by atoms with Gasteiger partial charge in [0.25, 0.3) is 0 Å². The molecule has 0 aliphatic heterocycles. The zero-order chi connectivity index (χ0) is 17.4. The van der Waals surface area contributed by atoms with E-state index in [0.29, 0.717) is 25.7 Å². The highest BCUT2D eigenvalue weighted by atomic mass is 16.5. The van der Waals surface area contributed by atoms with Crippen LogP contribution in [0.25, 0.3) is 0 Å². The first-order valence-corrected chi connectivity index (χ1v) is 8.92. The molecule has 2 amide bonds. The molecule has 1 aromatic carbocycles. The molecule has 2 rings (SSSR count). The number of aliphatic hydroxyl groups excluding tert-OH is 1. The Kier molecular flexibility index (Phi) is 7.53. The summed E-state index contributed by atoms with van der Waals surface area (Å²) in [5.41, 5.74) is 1.85. The van der Waals surface area contributed by atoms with Gasteiger partial charge >= 0.3 is 6.03 Å². The normalized spacial score (nSPS) is 20.6. The molecule has 5 nitrogen and oxygen atoms in total. The van der Waals surface area contributed by atoms with E-state index >= 15 is 0 Å². The van der Waals surface area contributed by atoms with Crippen LogP contribution in [0, 0.1) is 5.92 Å². The number of nitrogens with zero attached hydrogens (tertiary/aromatic N) is 1. The molecule has 1 aliphatic rings. The number of amides is 2. The van der Waals surface area contributed by atoms with Gasteiger partial charge in [-0.05, 0) is 42.9 Å². The first kappa shape index (κ1) is 18.7. The number of hydrogen-bond donors (Lipinski definition) is 2. The van der Waals surface area contributed by atoms with Crippen LogP contribution >= 0.6 is 0 Å². The lowest BCUT2D eigenvalue weighted by Crippen LogP contribution is -2.32. The molecule has 0 spiro atoms. The van der Waals surface area contributed by atoms with E-state index in [9.17, 15) is 4.79 Å². The smallest absolute Gasteiger partial charge is 0.321 e. The summed E-state index contributed by atoms with van der Waals surface area (Å²) < 4.78 is 6.05. The number of hydrogen-bond acceptors (Lipinski definition) is 3. The number of anilines is 1. The molecule has 0 bridgehead atoms. The summed E-state index contributed by atoms with van der Waals surface area (Å²) in [4.78, 5) is 13.6. The summed E-state index contributed by atoms with van der Waals surface area (Å²) >= 11 is 0. The van der Waals surface area contributed by atoms with E-state index in [2.05, 4.69) is 12.2 Å². The summed E-state index contributed by atoms with van der Waals surface area (Å²) in [7, 11) is 1.72. The first-order chi connectivity index (χ1) is 11.6. The van der Waals surface area contributed by atoms with Gasteiger partial charge in [-0.1, -0.05) is 31.9 Å². The summed E-state index contributed by atoms with van der Waals surface area (Å²) in [5, 5.41) is 11.7. The zero-order valence-corrected chi connectivity index (χ0v) is 14.8. The highest BCUT2D eigenvalue weighted by molar-refractivity contribution is 5.89. The molecule has 5 heteroatoms. The number of nitrogens with one attached hydrogen (secondary N) is 1. The largest absolute Gasteiger partial charge is 0.396 e. The Hall–Kier alpha value is -1.59. The maximum Gasteiger partial charge on any atom is 0.321 e. The minimum atomic E-state index is -0.164. The molecule has 2 atom stereocenters. The molecule has 2 N–H and O–H groups in total. The van der Waals surface area contributed by atoms with E-state index in [0.717, 1.165) is 30.0 Å². The molecule has 0 radical (unpaired) electrons. The number of ether oxygens (including phenoxy) is 1. The Morgan fingerprint density at radius 2 is 2.25 bits per heavy atom. The fraction of sp³-hybridized carbons (Fsp3) is 0.632. The SMILES string of the molecule is C[C@@H]1CCC[C@H](OCc2cccc(NC(=O)N(C)CCCO)c2)C1. The number of rotatable bonds is 7. The Bertz CT molecular complexity index is 521. The van der Waals surface area contributed by atoms with Crippen LogP contribution in [0.4, 0.5) is 10.5 Å². The molecule has 1 aromatic rings. The summed E-state index contributed by atoms with van der Waals surface area (Å²) in [6, 6.07) is 7.64. The van der Waals surface area contributed by atoms with Crippen LogP contribution in [0.5, 0.6) is 0 Å². The second-order valence-electron chi connectivity index (χ2n) is 6.83. The Labute approximate surface area is 145 Å². The maximum absolute atomic E-state index is 12.1. The van der Waals surface area contributed by atoms with E-state index in [1.807, 2.05) is 24.3 Å². The van der Waals surface area contributed by atoms with Gasteiger partial charge in [0.05, 0.1) is 12.7 Å². The fourth-order valence-electron chi connectivity index (χ4n) is 3.11. The second-order valence-corrected chi connectivity index (χ2v) is 6.83. The number of urea groups is 1. The number of carbonyl (C=O) groups is 1. The average Bonchev–Trinajstić information content (AvgIpc) is 2.58. The molecular formula is C19H30N2O3.